The number of aliphatic hydroxyl groups is 1. The summed E-state index contributed by atoms with van der Waals surface area (Å²) in [6.45, 7) is 2.46. The second kappa shape index (κ2) is 7.10. The summed E-state index contributed by atoms with van der Waals surface area (Å²) in [6, 6.07) is 7.71. The molecule has 1 aromatic rings. The van der Waals surface area contributed by atoms with Gasteiger partial charge in [0.05, 0.1) is 12.7 Å². The van der Waals surface area contributed by atoms with E-state index in [0.717, 1.165) is 23.1 Å². The Balaban J connectivity index is 1.56. The maximum atomic E-state index is 9.70. The van der Waals surface area contributed by atoms with E-state index in [2.05, 4.69) is 5.32 Å². The lowest BCUT2D eigenvalue weighted by Crippen LogP contribution is -2.30. The second-order valence-electron chi connectivity index (χ2n) is 4.90. The van der Waals surface area contributed by atoms with Crippen LogP contribution >= 0.6 is 11.6 Å². The molecule has 0 saturated heterocycles. The van der Waals surface area contributed by atoms with E-state index in [4.69, 9.17) is 16.3 Å². The highest BCUT2D eigenvalue weighted by molar-refractivity contribution is 6.30. The molecule has 1 saturated carbocycles. The predicted molar refractivity (Wildman–Crippen MR) is 72.7 cm³/mol. The number of rotatable bonds is 8. The number of hydrogen-bond acceptors (Lipinski definition) is 3. The zero-order valence-electron chi connectivity index (χ0n) is 10.4. The summed E-state index contributed by atoms with van der Waals surface area (Å²) in [5.74, 6) is 0.747. The SMILES string of the molecule is OC(CNCc1cccc(Cl)c1)COCC1CC1. The molecular weight excluding hydrogens is 250 g/mol. The van der Waals surface area contributed by atoms with Crippen molar-refractivity contribution in [2.45, 2.75) is 25.5 Å². The first-order valence-corrected chi connectivity index (χ1v) is 6.83. The maximum Gasteiger partial charge on any atom is 0.0897 e. The van der Waals surface area contributed by atoms with Crippen LogP contribution in [0.15, 0.2) is 24.3 Å². The molecule has 0 heterocycles. The van der Waals surface area contributed by atoms with E-state index in [1.807, 2.05) is 24.3 Å². The highest BCUT2D eigenvalue weighted by Gasteiger charge is 2.21. The molecule has 1 unspecified atom stereocenters. The summed E-state index contributed by atoms with van der Waals surface area (Å²) in [4.78, 5) is 0. The van der Waals surface area contributed by atoms with Gasteiger partial charge in [-0.15, -0.1) is 0 Å². The summed E-state index contributed by atoms with van der Waals surface area (Å²) in [5, 5.41) is 13.6. The predicted octanol–water partition coefficient (Wildman–Crippen LogP) is 2.22. The van der Waals surface area contributed by atoms with Gasteiger partial charge < -0.3 is 15.2 Å². The van der Waals surface area contributed by atoms with E-state index >= 15 is 0 Å². The van der Waals surface area contributed by atoms with E-state index in [1.165, 1.54) is 12.8 Å². The van der Waals surface area contributed by atoms with Crippen molar-refractivity contribution in [1.82, 2.24) is 5.32 Å². The molecule has 2 rings (SSSR count). The quantitative estimate of drug-likeness (QED) is 0.760. The number of halogens is 1. The number of nitrogens with one attached hydrogen (secondary N) is 1. The highest BCUT2D eigenvalue weighted by atomic mass is 35.5. The molecule has 1 atom stereocenters. The zero-order valence-corrected chi connectivity index (χ0v) is 11.2. The monoisotopic (exact) mass is 269 g/mol. The molecule has 2 N–H and O–H groups in total. The van der Waals surface area contributed by atoms with Crippen molar-refractivity contribution in [3.05, 3.63) is 34.9 Å². The minimum atomic E-state index is -0.442. The van der Waals surface area contributed by atoms with Crippen molar-refractivity contribution in [3.8, 4) is 0 Å². The van der Waals surface area contributed by atoms with Crippen LogP contribution in [0.3, 0.4) is 0 Å². The van der Waals surface area contributed by atoms with Gasteiger partial charge in [-0.2, -0.15) is 0 Å². The number of aliphatic hydroxyl groups excluding tert-OH is 1. The van der Waals surface area contributed by atoms with Crippen LogP contribution in [0.4, 0.5) is 0 Å². The maximum absolute atomic E-state index is 9.70. The lowest BCUT2D eigenvalue weighted by molar-refractivity contribution is 0.0324. The van der Waals surface area contributed by atoms with Crippen molar-refractivity contribution in [3.63, 3.8) is 0 Å². The van der Waals surface area contributed by atoms with Crippen molar-refractivity contribution < 1.29 is 9.84 Å². The Morgan fingerprint density at radius 3 is 3.00 bits per heavy atom. The molecule has 1 fully saturated rings. The fourth-order valence-electron chi connectivity index (χ4n) is 1.74. The molecule has 18 heavy (non-hydrogen) atoms. The molecule has 0 amide bonds. The van der Waals surface area contributed by atoms with E-state index in [9.17, 15) is 5.11 Å². The van der Waals surface area contributed by atoms with E-state index < -0.39 is 6.10 Å². The van der Waals surface area contributed by atoms with Crippen LogP contribution in [-0.2, 0) is 11.3 Å². The molecule has 3 nitrogen and oxygen atoms in total. The van der Waals surface area contributed by atoms with Crippen molar-refractivity contribution in [1.29, 1.82) is 0 Å². The minimum Gasteiger partial charge on any atom is -0.389 e. The largest absolute Gasteiger partial charge is 0.389 e. The van der Waals surface area contributed by atoms with Crippen LogP contribution in [0.25, 0.3) is 0 Å². The van der Waals surface area contributed by atoms with Gasteiger partial charge in [0.15, 0.2) is 0 Å². The average molecular weight is 270 g/mol. The normalized spacial score (nSPS) is 16.8. The Morgan fingerprint density at radius 1 is 1.44 bits per heavy atom. The molecule has 0 aromatic heterocycles. The van der Waals surface area contributed by atoms with Gasteiger partial charge in [0.2, 0.25) is 0 Å². The van der Waals surface area contributed by atoms with Gasteiger partial charge >= 0.3 is 0 Å². The van der Waals surface area contributed by atoms with Crippen molar-refractivity contribution in [2.24, 2.45) is 5.92 Å². The molecule has 4 heteroatoms. The third-order valence-corrected chi connectivity index (χ3v) is 3.19. The highest BCUT2D eigenvalue weighted by Crippen LogP contribution is 2.28. The van der Waals surface area contributed by atoms with Gasteiger partial charge in [0.1, 0.15) is 0 Å². The van der Waals surface area contributed by atoms with E-state index in [0.29, 0.717) is 19.7 Å². The van der Waals surface area contributed by atoms with Crippen molar-refractivity contribution in [2.75, 3.05) is 19.8 Å². The summed E-state index contributed by atoms with van der Waals surface area (Å²) >= 11 is 5.89. The van der Waals surface area contributed by atoms with Crippen molar-refractivity contribution >= 4 is 11.6 Å². The summed E-state index contributed by atoms with van der Waals surface area (Å²) < 4.78 is 5.43. The van der Waals surface area contributed by atoms with Gasteiger partial charge in [-0.3, -0.25) is 0 Å². The van der Waals surface area contributed by atoms with Crippen LogP contribution in [0.5, 0.6) is 0 Å². The Morgan fingerprint density at radius 2 is 2.28 bits per heavy atom. The second-order valence-corrected chi connectivity index (χ2v) is 5.33. The first-order valence-electron chi connectivity index (χ1n) is 6.45. The smallest absolute Gasteiger partial charge is 0.0897 e. The number of benzene rings is 1. The molecule has 0 aliphatic heterocycles. The summed E-state index contributed by atoms with van der Waals surface area (Å²) in [6.07, 6.45) is 2.12. The Hall–Kier alpha value is -0.610. The van der Waals surface area contributed by atoms with Crippen LogP contribution in [-0.4, -0.2) is 31.0 Å². The third kappa shape index (κ3) is 5.36. The number of ether oxygens (including phenoxy) is 1. The first kappa shape index (κ1) is 13.8. The average Bonchev–Trinajstić information content (AvgIpc) is 3.13. The summed E-state index contributed by atoms with van der Waals surface area (Å²) in [7, 11) is 0. The van der Waals surface area contributed by atoms with Crippen LogP contribution < -0.4 is 5.32 Å². The van der Waals surface area contributed by atoms with Crippen LogP contribution in [0.1, 0.15) is 18.4 Å². The molecule has 1 aromatic carbocycles. The molecule has 1 aliphatic carbocycles. The molecule has 1 aliphatic rings. The minimum absolute atomic E-state index is 0.416. The fourth-order valence-corrected chi connectivity index (χ4v) is 1.96. The van der Waals surface area contributed by atoms with Gasteiger partial charge in [0, 0.05) is 24.7 Å². The van der Waals surface area contributed by atoms with Crippen LogP contribution in [0, 0.1) is 5.92 Å². The van der Waals surface area contributed by atoms with Gasteiger partial charge in [-0.1, -0.05) is 23.7 Å². The summed E-state index contributed by atoms with van der Waals surface area (Å²) in [5.41, 5.74) is 1.12. The van der Waals surface area contributed by atoms with Gasteiger partial charge in [-0.25, -0.2) is 0 Å². The molecule has 0 radical (unpaired) electrons. The lowest BCUT2D eigenvalue weighted by atomic mass is 10.2. The molecule has 100 valence electrons. The Labute approximate surface area is 113 Å². The first-order chi connectivity index (χ1) is 8.74. The zero-order chi connectivity index (χ0) is 12.8. The molecule has 0 bridgehead atoms. The Bertz CT molecular complexity index is 369. The van der Waals surface area contributed by atoms with Gasteiger partial charge in [-0.05, 0) is 36.5 Å². The fraction of sp³-hybridized carbons (Fsp3) is 0.571. The molecule has 0 spiro atoms. The van der Waals surface area contributed by atoms with Crippen LogP contribution in [0.2, 0.25) is 5.02 Å². The topological polar surface area (TPSA) is 41.5 Å². The van der Waals surface area contributed by atoms with E-state index in [1.54, 1.807) is 0 Å². The van der Waals surface area contributed by atoms with E-state index in [-0.39, 0.29) is 0 Å². The van der Waals surface area contributed by atoms with Gasteiger partial charge in [0.25, 0.3) is 0 Å². The lowest BCUT2D eigenvalue weighted by Gasteiger charge is -2.12. The third-order valence-electron chi connectivity index (χ3n) is 2.96. The molecular formula is C14H20ClNO2. The Kier molecular flexibility index (Phi) is 5.45. The number of hydrogen-bond donors (Lipinski definition) is 2. The standard InChI is InChI=1S/C14H20ClNO2/c15-13-3-1-2-12(6-13)7-16-8-14(17)10-18-9-11-4-5-11/h1-3,6,11,14,16-17H,4-5,7-10H2.